The number of fused-ring (bicyclic) bond motifs is 1. The van der Waals surface area contributed by atoms with Crippen molar-refractivity contribution in [2.45, 2.75) is 30.7 Å². The summed E-state index contributed by atoms with van der Waals surface area (Å²) in [5, 5.41) is 0.218. The highest BCUT2D eigenvalue weighted by Crippen LogP contribution is 2.29. The van der Waals surface area contributed by atoms with Gasteiger partial charge in [-0.3, -0.25) is 4.79 Å². The lowest BCUT2D eigenvalue weighted by atomic mass is 10.1. The number of amides is 1. The minimum atomic E-state index is -0.339. The molecule has 3 nitrogen and oxygen atoms in total. The van der Waals surface area contributed by atoms with Gasteiger partial charge in [-0.15, -0.1) is 11.6 Å². The van der Waals surface area contributed by atoms with Gasteiger partial charge in [-0.05, 0) is 24.5 Å². The van der Waals surface area contributed by atoms with Crippen LogP contribution in [0.1, 0.15) is 18.4 Å². The van der Waals surface area contributed by atoms with Crippen molar-refractivity contribution >= 4 is 17.5 Å². The molecule has 1 unspecified atom stereocenters. The molecule has 0 aliphatic carbocycles. The molecule has 2 heterocycles. The molecule has 1 amide bonds. The maximum atomic E-state index is 12.3. The lowest BCUT2D eigenvalue weighted by Crippen LogP contribution is -2.45. The van der Waals surface area contributed by atoms with Gasteiger partial charge in [-0.25, -0.2) is 0 Å². The first-order valence-electron chi connectivity index (χ1n) is 6.41. The number of ether oxygens (including phenoxy) is 1. The second kappa shape index (κ2) is 4.81. The van der Waals surface area contributed by atoms with Crippen LogP contribution in [0.4, 0.5) is 0 Å². The van der Waals surface area contributed by atoms with Gasteiger partial charge < -0.3 is 9.64 Å². The van der Waals surface area contributed by atoms with E-state index in [-0.39, 0.29) is 17.4 Å². The summed E-state index contributed by atoms with van der Waals surface area (Å²) >= 11 is 6.05. The van der Waals surface area contributed by atoms with Crippen molar-refractivity contribution in [2.24, 2.45) is 0 Å². The number of alkyl halides is 1. The van der Waals surface area contributed by atoms with Crippen molar-refractivity contribution in [2.75, 3.05) is 13.1 Å². The van der Waals surface area contributed by atoms with Crippen LogP contribution in [-0.4, -0.2) is 35.4 Å². The van der Waals surface area contributed by atoms with E-state index in [1.54, 1.807) is 0 Å². The number of rotatable bonds is 1. The largest absolute Gasteiger partial charge is 0.480 e. The number of likely N-dealkylation sites (tertiary alicyclic amines) is 1. The van der Waals surface area contributed by atoms with Crippen LogP contribution in [-0.2, 0) is 11.2 Å². The van der Waals surface area contributed by atoms with Crippen LogP contribution in [0.15, 0.2) is 24.3 Å². The number of benzene rings is 1. The Kier molecular flexibility index (Phi) is 3.16. The molecule has 0 aromatic heterocycles. The quantitative estimate of drug-likeness (QED) is 0.729. The lowest BCUT2D eigenvalue weighted by molar-refractivity contribution is -0.138. The first-order valence-corrected chi connectivity index (χ1v) is 6.85. The number of para-hydroxylation sites is 1. The van der Waals surface area contributed by atoms with E-state index < -0.39 is 0 Å². The molecule has 0 N–H and O–H groups in total. The number of carbonyl (C=O) groups excluding carboxylic acids is 1. The van der Waals surface area contributed by atoms with Crippen LogP contribution in [0.3, 0.4) is 0 Å². The zero-order chi connectivity index (χ0) is 12.5. The highest BCUT2D eigenvalue weighted by atomic mass is 35.5. The molecule has 1 atom stereocenters. The molecular weight excluding hydrogens is 250 g/mol. The summed E-state index contributed by atoms with van der Waals surface area (Å²) in [6.45, 7) is 1.51. The zero-order valence-electron chi connectivity index (χ0n) is 10.1. The Morgan fingerprint density at radius 2 is 2.00 bits per heavy atom. The van der Waals surface area contributed by atoms with Crippen molar-refractivity contribution < 1.29 is 9.53 Å². The molecule has 4 heteroatoms. The minimum Gasteiger partial charge on any atom is -0.480 e. The van der Waals surface area contributed by atoms with E-state index in [9.17, 15) is 4.79 Å². The van der Waals surface area contributed by atoms with Gasteiger partial charge in [0.25, 0.3) is 5.91 Å². The summed E-state index contributed by atoms with van der Waals surface area (Å²) < 4.78 is 5.72. The highest BCUT2D eigenvalue weighted by Gasteiger charge is 2.33. The zero-order valence-corrected chi connectivity index (χ0v) is 10.9. The van der Waals surface area contributed by atoms with Crippen molar-refractivity contribution in [3.8, 4) is 5.75 Å². The summed E-state index contributed by atoms with van der Waals surface area (Å²) in [6, 6.07) is 7.86. The molecule has 1 aromatic carbocycles. The lowest BCUT2D eigenvalue weighted by Gasteiger charge is -2.30. The number of piperidine rings is 1. The summed E-state index contributed by atoms with van der Waals surface area (Å²) in [5.74, 6) is 0.956. The van der Waals surface area contributed by atoms with E-state index in [0.29, 0.717) is 6.42 Å². The highest BCUT2D eigenvalue weighted by molar-refractivity contribution is 6.20. The van der Waals surface area contributed by atoms with Crippen LogP contribution in [0.5, 0.6) is 5.75 Å². The molecule has 3 rings (SSSR count). The fourth-order valence-corrected chi connectivity index (χ4v) is 2.79. The van der Waals surface area contributed by atoms with Crippen LogP contribution < -0.4 is 4.74 Å². The van der Waals surface area contributed by atoms with E-state index in [4.69, 9.17) is 16.3 Å². The predicted octanol–water partition coefficient (Wildman–Crippen LogP) is 2.22. The van der Waals surface area contributed by atoms with Gasteiger partial charge in [0.05, 0.1) is 0 Å². The first-order chi connectivity index (χ1) is 8.74. The number of hydrogen-bond acceptors (Lipinski definition) is 2. The second-order valence-corrected chi connectivity index (χ2v) is 5.54. The van der Waals surface area contributed by atoms with Gasteiger partial charge in [-0.1, -0.05) is 18.2 Å². The van der Waals surface area contributed by atoms with E-state index in [0.717, 1.165) is 37.2 Å². The Morgan fingerprint density at radius 3 is 2.72 bits per heavy atom. The SMILES string of the molecule is O=C(C1Cc2ccccc2O1)N1CCC(Cl)CC1. The fourth-order valence-electron chi connectivity index (χ4n) is 2.59. The molecule has 2 aliphatic heterocycles. The van der Waals surface area contributed by atoms with Gasteiger partial charge in [0.1, 0.15) is 5.75 Å². The predicted molar refractivity (Wildman–Crippen MR) is 70.0 cm³/mol. The van der Waals surface area contributed by atoms with Gasteiger partial charge in [0, 0.05) is 24.9 Å². The summed E-state index contributed by atoms with van der Waals surface area (Å²) in [7, 11) is 0. The average molecular weight is 266 g/mol. The van der Waals surface area contributed by atoms with Gasteiger partial charge in [-0.2, -0.15) is 0 Å². The standard InChI is InChI=1S/C14H16ClNO2/c15-11-5-7-16(8-6-11)14(17)13-9-10-3-1-2-4-12(10)18-13/h1-4,11,13H,5-9H2. The van der Waals surface area contributed by atoms with E-state index in [1.165, 1.54) is 0 Å². The Balaban J connectivity index is 1.65. The smallest absolute Gasteiger partial charge is 0.263 e. The fraction of sp³-hybridized carbons (Fsp3) is 0.500. The molecular formula is C14H16ClNO2. The molecule has 96 valence electrons. The summed E-state index contributed by atoms with van der Waals surface area (Å²) in [6.07, 6.45) is 2.12. The Hall–Kier alpha value is -1.22. The molecule has 0 radical (unpaired) electrons. The number of halogens is 1. The van der Waals surface area contributed by atoms with Crippen LogP contribution >= 0.6 is 11.6 Å². The van der Waals surface area contributed by atoms with E-state index in [1.807, 2.05) is 29.2 Å². The number of carbonyl (C=O) groups is 1. The normalized spacial score (nSPS) is 23.6. The maximum absolute atomic E-state index is 12.3. The maximum Gasteiger partial charge on any atom is 0.263 e. The molecule has 1 fully saturated rings. The summed E-state index contributed by atoms with van der Waals surface area (Å²) in [4.78, 5) is 14.2. The third-order valence-corrected chi connectivity index (χ3v) is 4.10. The Bertz CT molecular complexity index is 430. The van der Waals surface area contributed by atoms with E-state index >= 15 is 0 Å². The van der Waals surface area contributed by atoms with Gasteiger partial charge in [0.2, 0.25) is 0 Å². The molecule has 18 heavy (non-hydrogen) atoms. The number of hydrogen-bond donors (Lipinski definition) is 0. The first kappa shape index (κ1) is 11.8. The van der Waals surface area contributed by atoms with Crippen molar-refractivity contribution in [1.82, 2.24) is 4.90 Å². The number of nitrogens with zero attached hydrogens (tertiary/aromatic N) is 1. The Labute approximate surface area is 112 Å². The molecule has 0 spiro atoms. The van der Waals surface area contributed by atoms with Crippen LogP contribution in [0.2, 0.25) is 0 Å². The Morgan fingerprint density at radius 1 is 1.28 bits per heavy atom. The van der Waals surface area contributed by atoms with Crippen molar-refractivity contribution in [3.05, 3.63) is 29.8 Å². The molecule has 0 saturated carbocycles. The molecule has 1 aromatic rings. The van der Waals surface area contributed by atoms with Crippen molar-refractivity contribution in [3.63, 3.8) is 0 Å². The van der Waals surface area contributed by atoms with E-state index in [2.05, 4.69) is 0 Å². The second-order valence-electron chi connectivity index (χ2n) is 4.92. The van der Waals surface area contributed by atoms with Crippen LogP contribution in [0, 0.1) is 0 Å². The third kappa shape index (κ3) is 2.19. The minimum absolute atomic E-state index is 0.106. The van der Waals surface area contributed by atoms with Crippen LogP contribution in [0.25, 0.3) is 0 Å². The van der Waals surface area contributed by atoms with Crippen molar-refractivity contribution in [1.29, 1.82) is 0 Å². The van der Waals surface area contributed by atoms with Gasteiger partial charge in [0.15, 0.2) is 6.10 Å². The average Bonchev–Trinajstić information content (AvgIpc) is 2.82. The topological polar surface area (TPSA) is 29.5 Å². The third-order valence-electron chi connectivity index (χ3n) is 3.66. The molecule has 0 bridgehead atoms. The van der Waals surface area contributed by atoms with Gasteiger partial charge >= 0.3 is 0 Å². The molecule has 1 saturated heterocycles. The monoisotopic (exact) mass is 265 g/mol. The molecule has 2 aliphatic rings. The summed E-state index contributed by atoms with van der Waals surface area (Å²) in [5.41, 5.74) is 1.13.